The summed E-state index contributed by atoms with van der Waals surface area (Å²) >= 11 is 0. The molecule has 2 nitrogen and oxygen atoms in total. The van der Waals surface area contributed by atoms with E-state index in [9.17, 15) is 0 Å². The van der Waals surface area contributed by atoms with Crippen LogP contribution in [0.2, 0.25) is 0 Å². The Kier molecular flexibility index (Phi) is 1.63. The van der Waals surface area contributed by atoms with Crippen LogP contribution >= 0.6 is 0 Å². The highest BCUT2D eigenvalue weighted by Crippen LogP contribution is 2.20. The van der Waals surface area contributed by atoms with Gasteiger partial charge in [0, 0.05) is 6.54 Å². The van der Waals surface area contributed by atoms with Gasteiger partial charge in [-0.3, -0.25) is 0 Å². The highest BCUT2D eigenvalue weighted by atomic mass is 16.5. The van der Waals surface area contributed by atoms with E-state index >= 15 is 0 Å². The average Bonchev–Trinajstić information content (AvgIpc) is 2.05. The van der Waals surface area contributed by atoms with Crippen molar-refractivity contribution in [2.45, 2.75) is 25.3 Å². The van der Waals surface area contributed by atoms with Crippen molar-refractivity contribution in [1.29, 1.82) is 0 Å². The fraction of sp³-hybridized carbons (Fsp3) is 0.750. The number of rotatable bonds is 0. The summed E-state index contributed by atoms with van der Waals surface area (Å²) in [5.41, 5.74) is 0. The van der Waals surface area contributed by atoms with Crippen molar-refractivity contribution in [2.75, 3.05) is 13.2 Å². The van der Waals surface area contributed by atoms with Gasteiger partial charge in [-0.2, -0.15) is 0 Å². The molecule has 1 N–H and O–H groups in total. The summed E-state index contributed by atoms with van der Waals surface area (Å²) in [6, 6.07) is 0.544. The van der Waals surface area contributed by atoms with E-state index < -0.39 is 0 Å². The van der Waals surface area contributed by atoms with Crippen molar-refractivity contribution in [2.24, 2.45) is 0 Å². The van der Waals surface area contributed by atoms with Gasteiger partial charge in [-0.15, -0.1) is 0 Å². The molecule has 10 heavy (non-hydrogen) atoms. The molecule has 1 saturated heterocycles. The molecule has 0 aromatic carbocycles. The standard InChI is InChI=1S/C8H13NO/c1-2-4-8-7(3-1)9-5-6-10-8/h4,7,9H,1-3,5-6H2. The summed E-state index contributed by atoms with van der Waals surface area (Å²) in [6.07, 6.45) is 5.99. The molecule has 0 spiro atoms. The Balaban J connectivity index is 2.08. The Morgan fingerprint density at radius 3 is 3.50 bits per heavy atom. The zero-order valence-electron chi connectivity index (χ0n) is 6.10. The van der Waals surface area contributed by atoms with Crippen LogP contribution in [0.15, 0.2) is 11.8 Å². The lowest BCUT2D eigenvalue weighted by molar-refractivity contribution is 0.138. The lowest BCUT2D eigenvalue weighted by Crippen LogP contribution is -2.40. The molecule has 0 saturated carbocycles. The Morgan fingerprint density at radius 2 is 2.60 bits per heavy atom. The van der Waals surface area contributed by atoms with Gasteiger partial charge in [0.15, 0.2) is 0 Å². The fourth-order valence-electron chi connectivity index (χ4n) is 1.62. The first-order valence-corrected chi connectivity index (χ1v) is 4.03. The number of hydrogen-bond acceptors (Lipinski definition) is 2. The number of morpholine rings is 1. The Hall–Kier alpha value is -0.500. The van der Waals surface area contributed by atoms with Gasteiger partial charge in [0.05, 0.1) is 6.04 Å². The van der Waals surface area contributed by atoms with Crippen molar-refractivity contribution in [3.8, 4) is 0 Å². The topological polar surface area (TPSA) is 21.3 Å². The summed E-state index contributed by atoms with van der Waals surface area (Å²) in [5.74, 6) is 1.19. The molecule has 0 aromatic rings. The monoisotopic (exact) mass is 139 g/mol. The second kappa shape index (κ2) is 2.62. The van der Waals surface area contributed by atoms with Crippen LogP contribution in [-0.2, 0) is 4.74 Å². The first kappa shape index (κ1) is 6.23. The third-order valence-electron chi connectivity index (χ3n) is 2.15. The van der Waals surface area contributed by atoms with Gasteiger partial charge < -0.3 is 10.1 Å². The largest absolute Gasteiger partial charge is 0.495 e. The van der Waals surface area contributed by atoms with Gasteiger partial charge in [-0.25, -0.2) is 0 Å². The molecule has 1 aliphatic heterocycles. The van der Waals surface area contributed by atoms with Gasteiger partial charge in [-0.05, 0) is 25.3 Å². The number of ether oxygens (including phenoxy) is 1. The lowest BCUT2D eigenvalue weighted by atomic mass is 10.00. The number of nitrogens with one attached hydrogen (secondary N) is 1. The van der Waals surface area contributed by atoms with Crippen molar-refractivity contribution >= 4 is 0 Å². The fourth-order valence-corrected chi connectivity index (χ4v) is 1.62. The molecule has 2 aliphatic rings. The van der Waals surface area contributed by atoms with Crippen LogP contribution in [0.4, 0.5) is 0 Å². The minimum absolute atomic E-state index is 0.544. The second-order valence-corrected chi connectivity index (χ2v) is 2.89. The highest BCUT2D eigenvalue weighted by Gasteiger charge is 2.21. The SMILES string of the molecule is C1=C2OCCNC2CCC1. The molecular weight excluding hydrogens is 126 g/mol. The number of fused-ring (bicyclic) bond motifs is 1. The molecule has 0 aromatic heterocycles. The van der Waals surface area contributed by atoms with Gasteiger partial charge in [-0.1, -0.05) is 0 Å². The first-order valence-electron chi connectivity index (χ1n) is 4.03. The van der Waals surface area contributed by atoms with Crippen LogP contribution in [0.5, 0.6) is 0 Å². The summed E-state index contributed by atoms with van der Waals surface area (Å²) in [5, 5.41) is 3.43. The van der Waals surface area contributed by atoms with E-state index in [0.29, 0.717) is 6.04 Å². The molecule has 0 bridgehead atoms. The van der Waals surface area contributed by atoms with Crippen molar-refractivity contribution in [3.63, 3.8) is 0 Å². The second-order valence-electron chi connectivity index (χ2n) is 2.89. The van der Waals surface area contributed by atoms with Crippen LogP contribution in [0.1, 0.15) is 19.3 Å². The zero-order valence-corrected chi connectivity index (χ0v) is 6.10. The summed E-state index contributed by atoms with van der Waals surface area (Å²) < 4.78 is 5.48. The van der Waals surface area contributed by atoms with Crippen LogP contribution in [0, 0.1) is 0 Å². The molecular formula is C8H13NO. The van der Waals surface area contributed by atoms with Crippen LogP contribution < -0.4 is 5.32 Å². The van der Waals surface area contributed by atoms with Gasteiger partial charge in [0.1, 0.15) is 12.4 Å². The van der Waals surface area contributed by atoms with Gasteiger partial charge in [0.2, 0.25) is 0 Å². The van der Waals surface area contributed by atoms with E-state index in [1.807, 2.05) is 0 Å². The molecule has 1 unspecified atom stereocenters. The van der Waals surface area contributed by atoms with Gasteiger partial charge in [0.25, 0.3) is 0 Å². The molecule has 1 atom stereocenters. The Labute approximate surface area is 61.3 Å². The smallest absolute Gasteiger partial charge is 0.109 e. The highest BCUT2D eigenvalue weighted by molar-refractivity contribution is 5.08. The predicted octanol–water partition coefficient (Wildman–Crippen LogP) is 1.04. The minimum Gasteiger partial charge on any atom is -0.495 e. The maximum absolute atomic E-state index is 5.48. The predicted molar refractivity (Wildman–Crippen MR) is 39.7 cm³/mol. The average molecular weight is 139 g/mol. The molecule has 1 fully saturated rings. The molecule has 0 amide bonds. The molecule has 0 radical (unpaired) electrons. The van der Waals surface area contributed by atoms with Crippen molar-refractivity contribution in [3.05, 3.63) is 11.8 Å². The molecule has 56 valence electrons. The van der Waals surface area contributed by atoms with E-state index in [-0.39, 0.29) is 0 Å². The van der Waals surface area contributed by atoms with Crippen molar-refractivity contribution in [1.82, 2.24) is 5.32 Å². The summed E-state index contributed by atoms with van der Waals surface area (Å²) in [7, 11) is 0. The maximum atomic E-state index is 5.48. The third kappa shape index (κ3) is 1.03. The third-order valence-corrected chi connectivity index (χ3v) is 2.15. The van der Waals surface area contributed by atoms with E-state index in [0.717, 1.165) is 13.2 Å². The molecule has 2 heteroatoms. The lowest BCUT2D eigenvalue weighted by Gasteiger charge is -2.29. The van der Waals surface area contributed by atoms with E-state index in [2.05, 4.69) is 11.4 Å². The first-order chi connectivity index (χ1) is 4.97. The summed E-state index contributed by atoms with van der Waals surface area (Å²) in [4.78, 5) is 0. The molecule has 1 heterocycles. The molecule has 1 aliphatic carbocycles. The van der Waals surface area contributed by atoms with E-state index in [1.54, 1.807) is 0 Å². The van der Waals surface area contributed by atoms with Crippen molar-refractivity contribution < 1.29 is 4.74 Å². The maximum Gasteiger partial charge on any atom is 0.109 e. The quantitative estimate of drug-likeness (QED) is 0.541. The van der Waals surface area contributed by atoms with Gasteiger partial charge >= 0.3 is 0 Å². The van der Waals surface area contributed by atoms with E-state index in [1.165, 1.54) is 25.0 Å². The number of hydrogen-bond donors (Lipinski definition) is 1. The zero-order chi connectivity index (χ0) is 6.81. The van der Waals surface area contributed by atoms with Crippen LogP contribution in [0.25, 0.3) is 0 Å². The van der Waals surface area contributed by atoms with Crippen LogP contribution in [0.3, 0.4) is 0 Å². The Bertz CT molecular complexity index is 153. The van der Waals surface area contributed by atoms with Crippen LogP contribution in [-0.4, -0.2) is 19.2 Å². The minimum atomic E-state index is 0.544. The summed E-state index contributed by atoms with van der Waals surface area (Å²) in [6.45, 7) is 1.87. The normalized spacial score (nSPS) is 32.0. The molecule has 2 rings (SSSR count). The van der Waals surface area contributed by atoms with E-state index in [4.69, 9.17) is 4.74 Å². The number of allylic oxidation sites excluding steroid dienone is 1. The Morgan fingerprint density at radius 1 is 1.60 bits per heavy atom.